The zero-order valence-electron chi connectivity index (χ0n) is 19.1. The summed E-state index contributed by atoms with van der Waals surface area (Å²) < 4.78 is 48.0. The van der Waals surface area contributed by atoms with Crippen LogP contribution in [0.15, 0.2) is 83.8 Å². The van der Waals surface area contributed by atoms with Gasteiger partial charge in [0.2, 0.25) is 0 Å². The van der Waals surface area contributed by atoms with E-state index in [1.54, 1.807) is 24.3 Å². The van der Waals surface area contributed by atoms with Crippen LogP contribution in [0.1, 0.15) is 15.9 Å². The minimum Gasteiger partial charge on any atom is -0.456 e. The lowest BCUT2D eigenvalue weighted by molar-refractivity contribution is 0.102. The van der Waals surface area contributed by atoms with Gasteiger partial charge in [0.1, 0.15) is 17.3 Å². The van der Waals surface area contributed by atoms with Crippen LogP contribution in [-0.2, 0) is 10.0 Å². The van der Waals surface area contributed by atoms with Crippen LogP contribution < -0.4 is 14.8 Å². The van der Waals surface area contributed by atoms with E-state index in [9.17, 15) is 17.6 Å². The number of carbonyl (C=O) groups excluding carboxylic acids is 1. The van der Waals surface area contributed by atoms with Gasteiger partial charge in [-0.2, -0.15) is 0 Å². The highest BCUT2D eigenvalue weighted by molar-refractivity contribution is 7.92. The number of anilines is 2. The number of nitrogens with one attached hydrogen (secondary N) is 2. The lowest BCUT2D eigenvalue weighted by Gasteiger charge is -2.15. The fourth-order valence-electron chi connectivity index (χ4n) is 3.28. The summed E-state index contributed by atoms with van der Waals surface area (Å²) in [5.74, 6) is -0.421. The quantitative estimate of drug-likeness (QED) is 0.233. The van der Waals surface area contributed by atoms with E-state index in [1.807, 2.05) is 0 Å². The molecule has 37 heavy (non-hydrogen) atoms. The molecule has 190 valence electrons. The summed E-state index contributed by atoms with van der Waals surface area (Å²) >= 11 is 18.2. The van der Waals surface area contributed by atoms with Gasteiger partial charge in [0.05, 0.1) is 31.9 Å². The minimum absolute atomic E-state index is 0.0142. The third-order valence-corrected chi connectivity index (χ3v) is 7.41. The molecule has 0 aliphatic carbocycles. The number of para-hydroxylation sites is 1. The Hall–Kier alpha value is -3.30. The van der Waals surface area contributed by atoms with Crippen molar-refractivity contribution in [3.63, 3.8) is 0 Å². The summed E-state index contributed by atoms with van der Waals surface area (Å²) in [5.41, 5.74) is 0.350. The van der Waals surface area contributed by atoms with E-state index in [1.165, 1.54) is 55.5 Å². The Morgan fingerprint density at radius 3 is 2.27 bits per heavy atom. The van der Waals surface area contributed by atoms with Gasteiger partial charge < -0.3 is 10.1 Å². The molecule has 0 atom stereocenters. The second kappa shape index (κ2) is 11.0. The van der Waals surface area contributed by atoms with E-state index in [4.69, 9.17) is 39.5 Å². The molecule has 0 spiro atoms. The Kier molecular flexibility index (Phi) is 7.94. The second-order valence-corrected chi connectivity index (χ2v) is 10.8. The molecule has 0 unspecified atom stereocenters. The first-order valence-corrected chi connectivity index (χ1v) is 13.3. The van der Waals surface area contributed by atoms with Gasteiger partial charge in [-0.1, -0.05) is 46.9 Å². The summed E-state index contributed by atoms with van der Waals surface area (Å²) in [7, 11) is -4.10. The highest BCUT2D eigenvalue weighted by Crippen LogP contribution is 2.31. The van der Waals surface area contributed by atoms with Crippen molar-refractivity contribution >= 4 is 62.1 Å². The summed E-state index contributed by atoms with van der Waals surface area (Å²) in [4.78, 5) is 12.9. The maximum Gasteiger partial charge on any atom is 0.261 e. The van der Waals surface area contributed by atoms with Crippen molar-refractivity contribution in [2.24, 2.45) is 0 Å². The number of hydrogen-bond donors (Lipinski definition) is 2. The monoisotopic (exact) mass is 578 g/mol. The van der Waals surface area contributed by atoms with Gasteiger partial charge in [0.15, 0.2) is 0 Å². The first-order chi connectivity index (χ1) is 17.5. The number of benzene rings is 4. The molecule has 4 aromatic rings. The zero-order valence-corrected chi connectivity index (χ0v) is 22.1. The maximum absolute atomic E-state index is 13.7. The van der Waals surface area contributed by atoms with Crippen molar-refractivity contribution in [3.8, 4) is 11.5 Å². The Morgan fingerprint density at radius 2 is 1.57 bits per heavy atom. The van der Waals surface area contributed by atoms with Crippen molar-refractivity contribution in [2.75, 3.05) is 10.0 Å². The number of amides is 1. The van der Waals surface area contributed by atoms with Crippen LogP contribution in [-0.4, -0.2) is 14.3 Å². The molecule has 0 saturated heterocycles. The Balaban J connectivity index is 1.57. The van der Waals surface area contributed by atoms with Gasteiger partial charge in [-0.3, -0.25) is 9.52 Å². The first-order valence-electron chi connectivity index (χ1n) is 10.7. The molecule has 4 aromatic carbocycles. The van der Waals surface area contributed by atoms with Crippen molar-refractivity contribution in [1.29, 1.82) is 0 Å². The van der Waals surface area contributed by atoms with Crippen LogP contribution in [0, 0.1) is 12.7 Å². The fourth-order valence-corrected chi connectivity index (χ4v) is 4.90. The third kappa shape index (κ3) is 6.34. The molecule has 0 radical (unpaired) electrons. The number of hydrogen-bond acceptors (Lipinski definition) is 4. The van der Waals surface area contributed by atoms with Gasteiger partial charge in [-0.05, 0) is 79.2 Å². The van der Waals surface area contributed by atoms with E-state index < -0.39 is 21.7 Å². The number of ether oxygens (including phenoxy) is 1. The molecule has 0 aromatic heterocycles. The summed E-state index contributed by atoms with van der Waals surface area (Å²) in [6.07, 6.45) is 0. The summed E-state index contributed by atoms with van der Waals surface area (Å²) in [5, 5.41) is 3.16. The van der Waals surface area contributed by atoms with Gasteiger partial charge in [0.25, 0.3) is 15.9 Å². The van der Waals surface area contributed by atoms with Crippen molar-refractivity contribution in [2.45, 2.75) is 11.8 Å². The van der Waals surface area contributed by atoms with E-state index in [-0.39, 0.29) is 37.4 Å². The van der Waals surface area contributed by atoms with E-state index in [2.05, 4.69) is 10.0 Å². The standard InChI is InChI=1S/C26H18Cl3FN2O4S/c1-15-12-24(21(29)14-22(15)30)31-26(33)19-13-16(27)6-11-23(19)32-37(34,35)18-9-7-17(8-10-18)36-25-5-3-2-4-20(25)28/h2-14,32H,1H3,(H,31,33). The number of halogens is 4. The molecule has 0 heterocycles. The van der Waals surface area contributed by atoms with E-state index in [0.717, 1.165) is 6.07 Å². The van der Waals surface area contributed by atoms with Crippen LogP contribution >= 0.6 is 34.8 Å². The maximum atomic E-state index is 13.7. The number of sulfonamides is 1. The van der Waals surface area contributed by atoms with E-state index >= 15 is 0 Å². The van der Waals surface area contributed by atoms with Gasteiger partial charge >= 0.3 is 0 Å². The Morgan fingerprint density at radius 1 is 0.865 bits per heavy atom. The molecule has 4 rings (SSSR count). The van der Waals surface area contributed by atoms with Crippen LogP contribution in [0.4, 0.5) is 15.8 Å². The van der Waals surface area contributed by atoms with Crippen LogP contribution in [0.3, 0.4) is 0 Å². The van der Waals surface area contributed by atoms with Crippen LogP contribution in [0.25, 0.3) is 0 Å². The van der Waals surface area contributed by atoms with Crippen molar-refractivity contribution in [3.05, 3.63) is 111 Å². The average molecular weight is 580 g/mol. The Bertz CT molecular complexity index is 1600. The zero-order chi connectivity index (χ0) is 26.7. The lowest BCUT2D eigenvalue weighted by atomic mass is 10.1. The summed E-state index contributed by atoms with van der Waals surface area (Å²) in [6.45, 7) is 1.52. The highest BCUT2D eigenvalue weighted by Gasteiger charge is 2.21. The first kappa shape index (κ1) is 26.8. The summed E-state index contributed by atoms with van der Waals surface area (Å²) in [6, 6.07) is 19.1. The topological polar surface area (TPSA) is 84.5 Å². The van der Waals surface area contributed by atoms with Crippen molar-refractivity contribution in [1.82, 2.24) is 0 Å². The third-order valence-electron chi connectivity index (χ3n) is 5.17. The molecule has 0 bridgehead atoms. The average Bonchev–Trinajstić information content (AvgIpc) is 2.85. The van der Waals surface area contributed by atoms with Crippen molar-refractivity contribution < 1.29 is 22.3 Å². The SMILES string of the molecule is Cc1cc(NC(=O)c2cc(Cl)ccc2NS(=O)(=O)c2ccc(Oc3ccccc3Cl)cc2)c(Cl)cc1F. The predicted molar refractivity (Wildman–Crippen MR) is 144 cm³/mol. The number of aryl methyl sites for hydroxylation is 1. The van der Waals surface area contributed by atoms with Gasteiger partial charge in [-0.25, -0.2) is 12.8 Å². The van der Waals surface area contributed by atoms with Gasteiger partial charge in [-0.15, -0.1) is 0 Å². The normalized spacial score (nSPS) is 11.2. The van der Waals surface area contributed by atoms with Gasteiger partial charge in [0, 0.05) is 5.02 Å². The molecule has 0 aliphatic rings. The smallest absolute Gasteiger partial charge is 0.261 e. The van der Waals surface area contributed by atoms with Crippen LogP contribution in [0.5, 0.6) is 11.5 Å². The molecule has 11 heteroatoms. The molecule has 2 N–H and O–H groups in total. The largest absolute Gasteiger partial charge is 0.456 e. The van der Waals surface area contributed by atoms with Crippen LogP contribution in [0.2, 0.25) is 15.1 Å². The Labute approximate surface area is 228 Å². The fraction of sp³-hybridized carbons (Fsp3) is 0.0385. The number of carbonyl (C=O) groups is 1. The molecule has 1 amide bonds. The molecule has 0 fully saturated rings. The highest BCUT2D eigenvalue weighted by atomic mass is 35.5. The molecule has 0 saturated carbocycles. The molecule has 0 aliphatic heterocycles. The second-order valence-electron chi connectivity index (χ2n) is 7.83. The molecule has 6 nitrogen and oxygen atoms in total. The molecular weight excluding hydrogens is 562 g/mol. The number of rotatable bonds is 7. The predicted octanol–water partition coefficient (Wildman–Crippen LogP) is 7.94. The molecular formula is C26H18Cl3FN2O4S. The van der Waals surface area contributed by atoms with E-state index in [0.29, 0.717) is 16.5 Å². The lowest BCUT2D eigenvalue weighted by Crippen LogP contribution is -2.19. The minimum atomic E-state index is -4.10.